The summed E-state index contributed by atoms with van der Waals surface area (Å²) in [5, 5.41) is 2.97. The van der Waals surface area contributed by atoms with Crippen LogP contribution in [0.3, 0.4) is 0 Å². The quantitative estimate of drug-likeness (QED) is 0.675. The Hall–Kier alpha value is -2.38. The maximum atomic E-state index is 13.4. The van der Waals surface area contributed by atoms with Crippen molar-refractivity contribution in [3.05, 3.63) is 59.7 Å². The molecule has 0 aromatic heterocycles. The van der Waals surface area contributed by atoms with Gasteiger partial charge in [-0.25, -0.2) is 8.42 Å². The highest BCUT2D eigenvalue weighted by atomic mass is 32.2. The second kappa shape index (κ2) is 10.3. The average molecular weight is 445 g/mol. The number of hydrogen-bond donors (Lipinski definition) is 1. The molecule has 31 heavy (non-hydrogen) atoms. The first-order chi connectivity index (χ1) is 14.8. The SMILES string of the molecule is COc1ccc(C(C)C)cc1S(=O)(=O)N1CCC[C@H](C(=O)NCCc2ccccc2)C1. The summed E-state index contributed by atoms with van der Waals surface area (Å²) in [6, 6.07) is 15.3. The van der Waals surface area contributed by atoms with E-state index in [2.05, 4.69) is 5.32 Å². The Morgan fingerprint density at radius 3 is 2.61 bits per heavy atom. The molecule has 1 aliphatic heterocycles. The summed E-state index contributed by atoms with van der Waals surface area (Å²) in [4.78, 5) is 12.9. The maximum Gasteiger partial charge on any atom is 0.246 e. The summed E-state index contributed by atoms with van der Waals surface area (Å²) in [6.45, 7) is 5.18. The van der Waals surface area contributed by atoms with Crippen molar-refractivity contribution in [1.29, 1.82) is 0 Å². The summed E-state index contributed by atoms with van der Waals surface area (Å²) >= 11 is 0. The van der Waals surface area contributed by atoms with Gasteiger partial charge in [0.25, 0.3) is 0 Å². The fourth-order valence-corrected chi connectivity index (χ4v) is 5.60. The number of piperidine rings is 1. The van der Waals surface area contributed by atoms with Gasteiger partial charge >= 0.3 is 0 Å². The van der Waals surface area contributed by atoms with Crippen molar-refractivity contribution in [3.8, 4) is 5.75 Å². The lowest BCUT2D eigenvalue weighted by Crippen LogP contribution is -2.45. The number of ether oxygens (including phenoxy) is 1. The second-order valence-corrected chi connectivity index (χ2v) is 10.2. The highest BCUT2D eigenvalue weighted by Crippen LogP contribution is 2.32. The summed E-state index contributed by atoms with van der Waals surface area (Å²) < 4.78 is 33.6. The molecule has 6 nitrogen and oxygen atoms in total. The van der Waals surface area contributed by atoms with Gasteiger partial charge in [-0.15, -0.1) is 0 Å². The van der Waals surface area contributed by atoms with E-state index in [0.29, 0.717) is 31.7 Å². The first-order valence-corrected chi connectivity index (χ1v) is 12.3. The highest BCUT2D eigenvalue weighted by molar-refractivity contribution is 7.89. The molecule has 0 radical (unpaired) electrons. The van der Waals surface area contributed by atoms with E-state index < -0.39 is 10.0 Å². The van der Waals surface area contributed by atoms with Crippen LogP contribution in [0.5, 0.6) is 5.75 Å². The van der Waals surface area contributed by atoms with Crippen molar-refractivity contribution in [2.45, 2.75) is 43.9 Å². The van der Waals surface area contributed by atoms with E-state index in [1.54, 1.807) is 12.1 Å². The molecule has 2 aromatic rings. The fraction of sp³-hybridized carbons (Fsp3) is 0.458. The molecule has 0 unspecified atom stereocenters. The number of nitrogens with one attached hydrogen (secondary N) is 1. The summed E-state index contributed by atoms with van der Waals surface area (Å²) in [5.41, 5.74) is 2.10. The molecular formula is C24H32N2O4S. The number of rotatable bonds is 8. The van der Waals surface area contributed by atoms with Crippen molar-refractivity contribution in [2.24, 2.45) is 5.92 Å². The zero-order chi connectivity index (χ0) is 22.4. The molecule has 1 aliphatic rings. The van der Waals surface area contributed by atoms with Crippen LogP contribution in [0.15, 0.2) is 53.4 Å². The number of hydrogen-bond acceptors (Lipinski definition) is 4. The van der Waals surface area contributed by atoms with Crippen LogP contribution < -0.4 is 10.1 Å². The average Bonchev–Trinajstić information content (AvgIpc) is 2.79. The van der Waals surface area contributed by atoms with E-state index >= 15 is 0 Å². The molecule has 0 saturated carbocycles. The van der Waals surface area contributed by atoms with Crippen LogP contribution in [0.2, 0.25) is 0 Å². The summed E-state index contributed by atoms with van der Waals surface area (Å²) in [6.07, 6.45) is 2.09. The third-order valence-electron chi connectivity index (χ3n) is 5.78. The molecule has 1 amide bonds. The van der Waals surface area contributed by atoms with Crippen LogP contribution >= 0.6 is 0 Å². The smallest absolute Gasteiger partial charge is 0.246 e. The van der Waals surface area contributed by atoms with Crippen molar-refractivity contribution >= 4 is 15.9 Å². The van der Waals surface area contributed by atoms with Gasteiger partial charge in [0.15, 0.2) is 0 Å². The third kappa shape index (κ3) is 5.66. The Morgan fingerprint density at radius 2 is 1.94 bits per heavy atom. The van der Waals surface area contributed by atoms with Gasteiger partial charge in [-0.05, 0) is 48.4 Å². The number of carbonyl (C=O) groups excluding carboxylic acids is 1. The van der Waals surface area contributed by atoms with Gasteiger partial charge in [-0.1, -0.05) is 50.2 Å². The Morgan fingerprint density at radius 1 is 1.19 bits per heavy atom. The van der Waals surface area contributed by atoms with Crippen molar-refractivity contribution in [1.82, 2.24) is 9.62 Å². The van der Waals surface area contributed by atoms with E-state index in [-0.39, 0.29) is 29.2 Å². The largest absolute Gasteiger partial charge is 0.495 e. The minimum Gasteiger partial charge on any atom is -0.495 e. The van der Waals surface area contributed by atoms with E-state index in [9.17, 15) is 13.2 Å². The molecular weight excluding hydrogens is 412 g/mol. The molecule has 0 bridgehead atoms. The lowest BCUT2D eigenvalue weighted by atomic mass is 9.99. The normalized spacial score (nSPS) is 17.5. The lowest BCUT2D eigenvalue weighted by molar-refractivity contribution is -0.126. The fourth-order valence-electron chi connectivity index (χ4n) is 3.89. The van der Waals surface area contributed by atoms with Crippen molar-refractivity contribution in [3.63, 3.8) is 0 Å². The number of benzene rings is 2. The van der Waals surface area contributed by atoms with Crippen LogP contribution in [0, 0.1) is 5.92 Å². The molecule has 1 N–H and O–H groups in total. The van der Waals surface area contributed by atoms with Crippen molar-refractivity contribution < 1.29 is 17.9 Å². The van der Waals surface area contributed by atoms with Crippen LogP contribution in [0.4, 0.5) is 0 Å². The Kier molecular flexibility index (Phi) is 7.73. The van der Waals surface area contributed by atoms with Gasteiger partial charge < -0.3 is 10.1 Å². The highest BCUT2D eigenvalue weighted by Gasteiger charge is 2.35. The molecule has 3 rings (SSSR count). The third-order valence-corrected chi connectivity index (χ3v) is 7.67. The summed E-state index contributed by atoms with van der Waals surface area (Å²) in [5.74, 6) is 0.0977. The molecule has 2 aromatic carbocycles. The number of carbonyl (C=O) groups is 1. The van der Waals surface area contributed by atoms with Gasteiger partial charge in [-0.2, -0.15) is 4.31 Å². The van der Waals surface area contributed by atoms with Crippen molar-refractivity contribution in [2.75, 3.05) is 26.7 Å². The molecule has 0 spiro atoms. The Balaban J connectivity index is 1.69. The molecule has 168 valence electrons. The molecule has 1 atom stereocenters. The Bertz CT molecular complexity index is 990. The zero-order valence-corrected chi connectivity index (χ0v) is 19.3. The molecule has 0 aliphatic carbocycles. The van der Waals surface area contributed by atoms with Gasteiger partial charge in [0.2, 0.25) is 15.9 Å². The predicted octanol–water partition coefficient (Wildman–Crippen LogP) is 3.58. The number of amides is 1. The maximum absolute atomic E-state index is 13.4. The second-order valence-electron chi connectivity index (χ2n) is 8.29. The molecule has 1 fully saturated rings. The lowest BCUT2D eigenvalue weighted by Gasteiger charge is -2.31. The number of methoxy groups -OCH3 is 1. The first kappa shape index (κ1) is 23.3. The van der Waals surface area contributed by atoms with Gasteiger partial charge in [-0.3, -0.25) is 4.79 Å². The zero-order valence-electron chi connectivity index (χ0n) is 18.5. The topological polar surface area (TPSA) is 75.7 Å². The molecule has 1 saturated heterocycles. The minimum atomic E-state index is -3.76. The first-order valence-electron chi connectivity index (χ1n) is 10.8. The summed E-state index contributed by atoms with van der Waals surface area (Å²) in [7, 11) is -2.29. The van der Waals surface area contributed by atoms with E-state index in [4.69, 9.17) is 4.74 Å². The van der Waals surface area contributed by atoms with E-state index in [0.717, 1.165) is 17.5 Å². The van der Waals surface area contributed by atoms with Gasteiger partial charge in [0, 0.05) is 19.6 Å². The van der Waals surface area contributed by atoms with Gasteiger partial charge in [0.1, 0.15) is 10.6 Å². The number of sulfonamides is 1. The monoisotopic (exact) mass is 444 g/mol. The standard InChI is InChI=1S/C24H32N2O4S/c1-18(2)20-11-12-22(30-3)23(16-20)31(28,29)26-15-7-10-21(17-26)24(27)25-14-13-19-8-5-4-6-9-19/h4-6,8-9,11-12,16,18,21H,7,10,13-15,17H2,1-3H3,(H,25,27)/t21-/m0/s1. The Labute approximate surface area is 185 Å². The molecule has 1 heterocycles. The predicted molar refractivity (Wildman–Crippen MR) is 122 cm³/mol. The van der Waals surface area contributed by atoms with Crippen LogP contribution in [-0.4, -0.2) is 45.4 Å². The molecule has 7 heteroatoms. The van der Waals surface area contributed by atoms with E-state index in [1.807, 2.05) is 50.2 Å². The minimum absolute atomic E-state index is 0.0845. The van der Waals surface area contributed by atoms with Crippen LogP contribution in [0.25, 0.3) is 0 Å². The van der Waals surface area contributed by atoms with Crippen LogP contribution in [-0.2, 0) is 21.2 Å². The van der Waals surface area contributed by atoms with E-state index in [1.165, 1.54) is 11.4 Å². The number of nitrogens with zero attached hydrogens (tertiary/aromatic N) is 1. The van der Waals surface area contributed by atoms with Gasteiger partial charge in [0.05, 0.1) is 13.0 Å². The van der Waals surface area contributed by atoms with Crippen LogP contribution in [0.1, 0.15) is 43.7 Å².